The number of carbonyl (C=O) groups is 3. The zero-order valence-corrected chi connectivity index (χ0v) is 23.3. The molecule has 2 aromatic carbocycles. The number of benzene rings is 2. The molecule has 39 heavy (non-hydrogen) atoms. The Hall–Kier alpha value is -3.96. The summed E-state index contributed by atoms with van der Waals surface area (Å²) in [7, 11) is -2.36. The fraction of sp³-hybridized carbons (Fsp3) is 0.321. The Morgan fingerprint density at radius 1 is 1.03 bits per heavy atom. The van der Waals surface area contributed by atoms with E-state index in [1.54, 1.807) is 47.9 Å². The van der Waals surface area contributed by atoms with Crippen molar-refractivity contribution in [2.45, 2.75) is 45.2 Å². The van der Waals surface area contributed by atoms with Crippen LogP contribution >= 0.6 is 0 Å². The number of aromatic nitrogens is 1. The van der Waals surface area contributed by atoms with Gasteiger partial charge in [0.25, 0.3) is 11.8 Å². The number of Topliss-reactive ketones (excluding diaryl/α,β-unsaturated/α-hetero) is 1. The number of sulfonamides is 1. The van der Waals surface area contributed by atoms with Crippen LogP contribution in [0.15, 0.2) is 59.5 Å². The minimum absolute atomic E-state index is 0.0237. The predicted molar refractivity (Wildman–Crippen MR) is 147 cm³/mol. The maximum atomic E-state index is 13.6. The van der Waals surface area contributed by atoms with Gasteiger partial charge in [-0.15, -0.1) is 0 Å². The normalized spacial score (nSPS) is 11.4. The van der Waals surface area contributed by atoms with E-state index < -0.39 is 21.8 Å². The lowest BCUT2D eigenvalue weighted by molar-refractivity contribution is 0.0695. The molecule has 0 aliphatic rings. The Bertz CT molecular complexity index is 1460. The average Bonchev–Trinajstić information content (AvgIpc) is 3.22. The zero-order valence-electron chi connectivity index (χ0n) is 22.5. The number of hydrogen-bond donors (Lipinski definition) is 2. The minimum atomic E-state index is -3.88. The number of ketones is 1. The minimum Gasteiger partial charge on any atom is -0.497 e. The molecule has 0 fully saturated rings. The van der Waals surface area contributed by atoms with Crippen LogP contribution in [-0.4, -0.2) is 49.1 Å². The molecule has 10 nitrogen and oxygen atoms in total. The molecule has 0 saturated heterocycles. The SMILES string of the molecule is COc1ccc(C(=O)N(CC(=O)c2cc(C(N)=O)c(C)n2CCC(C)C)Cc2ccc(S(N)(=O)=O)cc2)cc1. The fourth-order valence-electron chi connectivity index (χ4n) is 4.18. The van der Waals surface area contributed by atoms with Crippen LogP contribution in [0, 0.1) is 12.8 Å². The molecule has 1 heterocycles. The molecule has 0 bridgehead atoms. The van der Waals surface area contributed by atoms with Crippen molar-refractivity contribution >= 4 is 27.6 Å². The first-order chi connectivity index (χ1) is 18.3. The van der Waals surface area contributed by atoms with Crippen LogP contribution in [0.4, 0.5) is 0 Å². The van der Waals surface area contributed by atoms with E-state index in [-0.39, 0.29) is 29.3 Å². The number of rotatable bonds is 12. The van der Waals surface area contributed by atoms with Crippen LogP contribution in [0.2, 0.25) is 0 Å². The average molecular weight is 555 g/mol. The van der Waals surface area contributed by atoms with Gasteiger partial charge in [0.1, 0.15) is 5.75 Å². The number of methoxy groups -OCH3 is 1. The van der Waals surface area contributed by atoms with Crippen molar-refractivity contribution in [1.29, 1.82) is 0 Å². The van der Waals surface area contributed by atoms with Gasteiger partial charge < -0.3 is 19.9 Å². The van der Waals surface area contributed by atoms with E-state index in [1.807, 2.05) is 0 Å². The molecule has 0 atom stereocenters. The molecule has 0 aliphatic heterocycles. The van der Waals surface area contributed by atoms with Gasteiger partial charge in [-0.2, -0.15) is 0 Å². The van der Waals surface area contributed by atoms with Crippen molar-refractivity contribution < 1.29 is 27.5 Å². The lowest BCUT2D eigenvalue weighted by Crippen LogP contribution is -2.36. The number of nitrogens with two attached hydrogens (primary N) is 2. The van der Waals surface area contributed by atoms with E-state index in [0.29, 0.717) is 40.7 Å². The Balaban J connectivity index is 1.98. The number of amides is 2. The Morgan fingerprint density at radius 2 is 1.64 bits per heavy atom. The summed E-state index contributed by atoms with van der Waals surface area (Å²) >= 11 is 0. The number of hydrogen-bond acceptors (Lipinski definition) is 6. The van der Waals surface area contributed by atoms with Crippen LogP contribution in [-0.2, 0) is 23.1 Å². The number of ether oxygens (including phenoxy) is 1. The lowest BCUT2D eigenvalue weighted by Gasteiger charge is -2.23. The molecule has 208 valence electrons. The molecule has 11 heteroatoms. The van der Waals surface area contributed by atoms with Gasteiger partial charge in [-0.05, 0) is 67.3 Å². The molecule has 0 radical (unpaired) electrons. The van der Waals surface area contributed by atoms with E-state index in [9.17, 15) is 22.8 Å². The van der Waals surface area contributed by atoms with Gasteiger partial charge in [-0.3, -0.25) is 14.4 Å². The highest BCUT2D eigenvalue weighted by Gasteiger charge is 2.25. The summed E-state index contributed by atoms with van der Waals surface area (Å²) in [6, 6.07) is 13.8. The zero-order chi connectivity index (χ0) is 28.9. The van der Waals surface area contributed by atoms with Crippen LogP contribution in [0.3, 0.4) is 0 Å². The third-order valence-corrected chi connectivity index (χ3v) is 7.36. The molecule has 1 aromatic heterocycles. The summed E-state index contributed by atoms with van der Waals surface area (Å²) < 4.78 is 30.2. The molecule has 0 unspecified atom stereocenters. The summed E-state index contributed by atoms with van der Waals surface area (Å²) in [6.07, 6.45) is 0.777. The maximum Gasteiger partial charge on any atom is 0.254 e. The number of nitrogens with zero attached hydrogens (tertiary/aromatic N) is 2. The predicted octanol–water partition coefficient (Wildman–Crippen LogP) is 3.12. The molecule has 3 aromatic rings. The maximum absolute atomic E-state index is 13.6. The lowest BCUT2D eigenvalue weighted by atomic mass is 10.1. The molecular weight excluding hydrogens is 520 g/mol. The molecule has 3 rings (SSSR count). The first-order valence-electron chi connectivity index (χ1n) is 12.4. The Kier molecular flexibility index (Phi) is 9.31. The summed E-state index contributed by atoms with van der Waals surface area (Å²) in [5.41, 5.74) is 7.64. The quantitative estimate of drug-likeness (QED) is 0.328. The standard InChI is InChI=1S/C28H34N4O6S/c1-18(2)13-14-32-19(3)24(27(29)34)15-25(32)26(33)17-31(28(35)21-7-9-22(38-4)10-8-21)16-20-5-11-23(12-6-20)39(30,36)37/h5-12,15,18H,13-14,16-17H2,1-4H3,(H2,29,34)(H2,30,36,37). The molecule has 0 saturated carbocycles. The van der Waals surface area contributed by atoms with Crippen molar-refractivity contribution in [3.63, 3.8) is 0 Å². The van der Waals surface area contributed by atoms with Gasteiger partial charge in [0.05, 0.1) is 29.8 Å². The van der Waals surface area contributed by atoms with Gasteiger partial charge in [-0.25, -0.2) is 13.6 Å². The van der Waals surface area contributed by atoms with E-state index in [0.717, 1.165) is 6.42 Å². The van der Waals surface area contributed by atoms with E-state index in [4.69, 9.17) is 15.6 Å². The van der Waals surface area contributed by atoms with Crippen molar-refractivity contribution in [1.82, 2.24) is 9.47 Å². The van der Waals surface area contributed by atoms with Crippen LogP contribution in [0.1, 0.15) is 62.7 Å². The summed E-state index contributed by atoms with van der Waals surface area (Å²) in [6.45, 7) is 6.11. The molecule has 2 amide bonds. The van der Waals surface area contributed by atoms with Crippen molar-refractivity contribution in [2.24, 2.45) is 16.8 Å². The summed E-state index contributed by atoms with van der Waals surface area (Å²) in [5.74, 6) is -0.470. The first kappa shape index (κ1) is 29.6. The summed E-state index contributed by atoms with van der Waals surface area (Å²) in [4.78, 5) is 40.5. The highest BCUT2D eigenvalue weighted by molar-refractivity contribution is 7.89. The summed E-state index contributed by atoms with van der Waals surface area (Å²) in [5, 5.41) is 5.20. The Labute approximate surface area is 228 Å². The Morgan fingerprint density at radius 3 is 2.15 bits per heavy atom. The monoisotopic (exact) mass is 554 g/mol. The number of primary sulfonamides is 1. The topological polar surface area (TPSA) is 155 Å². The van der Waals surface area contributed by atoms with Gasteiger partial charge in [0.15, 0.2) is 5.78 Å². The van der Waals surface area contributed by atoms with Crippen LogP contribution in [0.25, 0.3) is 0 Å². The van der Waals surface area contributed by atoms with Gasteiger partial charge in [0, 0.05) is 24.3 Å². The van der Waals surface area contributed by atoms with Crippen LogP contribution < -0.4 is 15.6 Å². The van der Waals surface area contributed by atoms with E-state index in [1.165, 1.54) is 30.2 Å². The van der Waals surface area contributed by atoms with Gasteiger partial charge >= 0.3 is 0 Å². The fourth-order valence-corrected chi connectivity index (χ4v) is 4.69. The van der Waals surface area contributed by atoms with Gasteiger partial charge in [-0.1, -0.05) is 26.0 Å². The molecular formula is C28H34N4O6S. The smallest absolute Gasteiger partial charge is 0.254 e. The number of carbonyl (C=O) groups excluding carboxylic acids is 3. The second kappa shape index (κ2) is 12.3. The van der Waals surface area contributed by atoms with Crippen molar-refractivity contribution in [2.75, 3.05) is 13.7 Å². The first-order valence-corrected chi connectivity index (χ1v) is 13.9. The second-order valence-corrected chi connectivity index (χ2v) is 11.3. The molecule has 0 aliphatic carbocycles. The third kappa shape index (κ3) is 7.33. The van der Waals surface area contributed by atoms with Crippen LogP contribution in [0.5, 0.6) is 5.75 Å². The second-order valence-electron chi connectivity index (χ2n) is 9.73. The highest BCUT2D eigenvalue weighted by Crippen LogP contribution is 2.21. The molecule has 0 spiro atoms. The van der Waals surface area contributed by atoms with Crippen molar-refractivity contribution in [3.8, 4) is 5.75 Å². The largest absolute Gasteiger partial charge is 0.497 e. The van der Waals surface area contributed by atoms with Crippen molar-refractivity contribution in [3.05, 3.63) is 82.7 Å². The number of primary amides is 1. The third-order valence-electron chi connectivity index (χ3n) is 6.43. The molecule has 4 N–H and O–H groups in total. The van der Waals surface area contributed by atoms with E-state index >= 15 is 0 Å². The van der Waals surface area contributed by atoms with E-state index in [2.05, 4.69) is 13.8 Å². The highest BCUT2D eigenvalue weighted by atomic mass is 32.2. The van der Waals surface area contributed by atoms with Gasteiger partial charge in [0.2, 0.25) is 10.0 Å².